The molecule has 6 rings (SSSR count). The van der Waals surface area contributed by atoms with Gasteiger partial charge in [-0.3, -0.25) is 0 Å². The summed E-state index contributed by atoms with van der Waals surface area (Å²) in [6, 6.07) is 45.7. The lowest BCUT2D eigenvalue weighted by Crippen LogP contribution is -2.14. The van der Waals surface area contributed by atoms with E-state index in [1.54, 1.807) is 0 Å². The van der Waals surface area contributed by atoms with E-state index in [2.05, 4.69) is 187 Å². The van der Waals surface area contributed by atoms with Crippen LogP contribution in [0.4, 0.5) is 34.1 Å². The highest BCUT2D eigenvalue weighted by molar-refractivity contribution is 5.86. The number of nitrogens with zero attached hydrogens (tertiary/aromatic N) is 2. The Morgan fingerprint density at radius 3 is 0.904 bits per heavy atom. The Balaban J connectivity index is 1.40. The molecular weight excluding hydrogens is 629 g/mol. The molecule has 0 aliphatic carbocycles. The minimum atomic E-state index is 1.12. The molecule has 0 heterocycles. The molecule has 2 heteroatoms. The van der Waals surface area contributed by atoms with Crippen LogP contribution in [0.25, 0.3) is 11.1 Å². The van der Waals surface area contributed by atoms with Crippen molar-refractivity contribution < 1.29 is 0 Å². The quantitative estimate of drug-likeness (QED) is 0.119. The standard InChI is InChI=1S/C50H56N2/c1-9-11-13-41-19-27-47(28-20-41)51(45-23-15-35(3)16-24-45)49-37(5)31-43(32-38(49)6)44-33-39(7)50(40(8)34-44)52(46-25-17-36(4)18-26-46)48-29-21-42(22-30-48)14-12-10-2/h15-34H,9-14H2,1-8H3. The summed E-state index contributed by atoms with van der Waals surface area (Å²) < 4.78 is 0. The fourth-order valence-corrected chi connectivity index (χ4v) is 7.54. The molecule has 0 saturated carbocycles. The van der Waals surface area contributed by atoms with Crippen molar-refractivity contribution in [3.63, 3.8) is 0 Å². The van der Waals surface area contributed by atoms with E-state index < -0.39 is 0 Å². The fraction of sp³-hybridized carbons (Fsp3) is 0.280. The van der Waals surface area contributed by atoms with Crippen LogP contribution in [0, 0.1) is 41.5 Å². The number of benzene rings is 6. The molecule has 0 spiro atoms. The van der Waals surface area contributed by atoms with Gasteiger partial charge >= 0.3 is 0 Å². The second-order valence-electron chi connectivity index (χ2n) is 14.8. The molecule has 0 aliphatic heterocycles. The van der Waals surface area contributed by atoms with Gasteiger partial charge in [0.25, 0.3) is 0 Å². The lowest BCUT2D eigenvalue weighted by molar-refractivity contribution is 0.795. The fourth-order valence-electron chi connectivity index (χ4n) is 7.54. The summed E-state index contributed by atoms with van der Waals surface area (Å²) in [4.78, 5) is 4.87. The van der Waals surface area contributed by atoms with E-state index in [-0.39, 0.29) is 0 Å². The van der Waals surface area contributed by atoms with Crippen LogP contribution in [0.1, 0.15) is 84.0 Å². The van der Waals surface area contributed by atoms with E-state index >= 15 is 0 Å². The maximum Gasteiger partial charge on any atom is 0.0520 e. The van der Waals surface area contributed by atoms with Crippen molar-refractivity contribution >= 4 is 34.1 Å². The molecule has 2 nitrogen and oxygen atoms in total. The molecular formula is C50H56N2. The molecule has 52 heavy (non-hydrogen) atoms. The molecule has 0 amide bonds. The first-order valence-electron chi connectivity index (χ1n) is 19.3. The van der Waals surface area contributed by atoms with Crippen LogP contribution in [-0.2, 0) is 12.8 Å². The van der Waals surface area contributed by atoms with Crippen LogP contribution >= 0.6 is 0 Å². The summed E-state index contributed by atoms with van der Waals surface area (Å²) in [5.41, 5.74) is 20.1. The van der Waals surface area contributed by atoms with Crippen LogP contribution in [0.2, 0.25) is 0 Å². The maximum absolute atomic E-state index is 2.43. The van der Waals surface area contributed by atoms with Gasteiger partial charge in [-0.2, -0.15) is 0 Å². The molecule has 0 N–H and O–H groups in total. The SMILES string of the molecule is CCCCc1ccc(N(c2ccc(C)cc2)c2c(C)cc(-c3cc(C)c(N(c4ccc(C)cc4)c4ccc(CCCC)cc4)c(C)c3)cc2C)cc1. The largest absolute Gasteiger partial charge is 0.310 e. The lowest BCUT2D eigenvalue weighted by Gasteiger charge is -2.30. The number of aryl methyl sites for hydroxylation is 8. The molecule has 0 atom stereocenters. The third kappa shape index (κ3) is 8.18. The van der Waals surface area contributed by atoms with E-state index in [9.17, 15) is 0 Å². The highest BCUT2D eigenvalue weighted by Gasteiger charge is 2.21. The molecule has 0 fully saturated rings. The van der Waals surface area contributed by atoms with Gasteiger partial charge in [0.1, 0.15) is 0 Å². The smallest absolute Gasteiger partial charge is 0.0520 e. The molecule has 0 aromatic heterocycles. The summed E-state index contributed by atoms with van der Waals surface area (Å²) in [7, 11) is 0. The zero-order valence-electron chi connectivity index (χ0n) is 32.7. The average Bonchev–Trinajstić information content (AvgIpc) is 3.14. The van der Waals surface area contributed by atoms with Crippen LogP contribution in [-0.4, -0.2) is 0 Å². The van der Waals surface area contributed by atoms with Crippen LogP contribution in [0.3, 0.4) is 0 Å². The summed E-state index contributed by atoms with van der Waals surface area (Å²) in [5.74, 6) is 0. The van der Waals surface area contributed by atoms with Gasteiger partial charge in [-0.15, -0.1) is 0 Å². The highest BCUT2D eigenvalue weighted by Crippen LogP contribution is 2.43. The van der Waals surface area contributed by atoms with Gasteiger partial charge in [0.15, 0.2) is 0 Å². The molecule has 0 aliphatic rings. The Kier molecular flexibility index (Phi) is 11.7. The highest BCUT2D eigenvalue weighted by atomic mass is 15.2. The van der Waals surface area contributed by atoms with Crippen molar-refractivity contribution in [1.82, 2.24) is 0 Å². The van der Waals surface area contributed by atoms with Crippen molar-refractivity contribution in [2.45, 2.75) is 93.9 Å². The lowest BCUT2D eigenvalue weighted by atomic mass is 9.93. The number of rotatable bonds is 13. The van der Waals surface area contributed by atoms with Crippen LogP contribution in [0.15, 0.2) is 121 Å². The topological polar surface area (TPSA) is 6.48 Å². The monoisotopic (exact) mass is 684 g/mol. The summed E-state index contributed by atoms with van der Waals surface area (Å²) in [6.45, 7) is 17.9. The van der Waals surface area contributed by atoms with Gasteiger partial charge in [0.05, 0.1) is 11.4 Å². The van der Waals surface area contributed by atoms with Gasteiger partial charge in [-0.25, -0.2) is 0 Å². The second-order valence-corrected chi connectivity index (χ2v) is 14.8. The Hall–Kier alpha value is -5.08. The van der Waals surface area contributed by atoms with Crippen molar-refractivity contribution in [1.29, 1.82) is 0 Å². The molecule has 6 aromatic rings. The third-order valence-corrected chi connectivity index (χ3v) is 10.4. The Morgan fingerprint density at radius 1 is 0.365 bits per heavy atom. The van der Waals surface area contributed by atoms with Crippen LogP contribution in [0.5, 0.6) is 0 Å². The average molecular weight is 685 g/mol. The number of hydrogen-bond donors (Lipinski definition) is 0. The van der Waals surface area contributed by atoms with E-state index in [0.717, 1.165) is 12.8 Å². The van der Waals surface area contributed by atoms with Crippen molar-refractivity contribution in [2.75, 3.05) is 9.80 Å². The minimum absolute atomic E-state index is 1.12. The molecule has 266 valence electrons. The number of unbranched alkanes of at least 4 members (excludes halogenated alkanes) is 2. The van der Waals surface area contributed by atoms with Crippen LogP contribution < -0.4 is 9.80 Å². The summed E-state index contributed by atoms with van der Waals surface area (Å²) in [5, 5.41) is 0. The van der Waals surface area contributed by atoms with Gasteiger partial charge in [0, 0.05) is 22.7 Å². The predicted molar refractivity (Wildman–Crippen MR) is 227 cm³/mol. The molecule has 0 radical (unpaired) electrons. The Morgan fingerprint density at radius 2 is 0.635 bits per heavy atom. The van der Waals surface area contributed by atoms with Gasteiger partial charge < -0.3 is 9.80 Å². The third-order valence-electron chi connectivity index (χ3n) is 10.4. The first kappa shape index (κ1) is 36.7. The summed E-state index contributed by atoms with van der Waals surface area (Å²) >= 11 is 0. The normalized spacial score (nSPS) is 11.2. The van der Waals surface area contributed by atoms with E-state index in [1.165, 1.54) is 115 Å². The van der Waals surface area contributed by atoms with Gasteiger partial charge in [-0.05, 0) is 185 Å². The first-order valence-corrected chi connectivity index (χ1v) is 19.3. The first-order chi connectivity index (χ1) is 25.2. The van der Waals surface area contributed by atoms with E-state index in [0.29, 0.717) is 0 Å². The van der Waals surface area contributed by atoms with E-state index in [4.69, 9.17) is 0 Å². The summed E-state index contributed by atoms with van der Waals surface area (Å²) in [6.07, 6.45) is 7.11. The van der Waals surface area contributed by atoms with Crippen molar-refractivity contribution in [3.8, 4) is 11.1 Å². The second kappa shape index (κ2) is 16.5. The zero-order chi connectivity index (χ0) is 36.8. The van der Waals surface area contributed by atoms with E-state index in [1.807, 2.05) is 0 Å². The molecule has 0 unspecified atom stereocenters. The molecule has 0 saturated heterocycles. The number of hydrogen-bond acceptors (Lipinski definition) is 2. The number of anilines is 6. The van der Waals surface area contributed by atoms with Gasteiger partial charge in [-0.1, -0.05) is 86.3 Å². The Bertz CT molecular complexity index is 1890. The predicted octanol–water partition coefficient (Wildman–Crippen LogP) is 14.8. The van der Waals surface area contributed by atoms with Crippen molar-refractivity contribution in [3.05, 3.63) is 166 Å². The maximum atomic E-state index is 2.43. The zero-order valence-corrected chi connectivity index (χ0v) is 32.7. The Labute approximate surface area is 313 Å². The molecule has 6 aromatic carbocycles. The van der Waals surface area contributed by atoms with Crippen molar-refractivity contribution in [2.24, 2.45) is 0 Å². The molecule has 0 bridgehead atoms. The minimum Gasteiger partial charge on any atom is -0.310 e. The van der Waals surface area contributed by atoms with Gasteiger partial charge in [0.2, 0.25) is 0 Å².